The fourth-order valence-corrected chi connectivity index (χ4v) is 9.10. The first-order valence-corrected chi connectivity index (χ1v) is 31.6. The number of quaternary nitrogens is 1. The van der Waals surface area contributed by atoms with Crippen LogP contribution in [0.3, 0.4) is 0 Å². The molecule has 0 bridgehead atoms. The summed E-state index contributed by atoms with van der Waals surface area (Å²) >= 11 is 0. The SMILES string of the molecule is CC/C=C\C/C=C\C/C=C\C/C=C\C/C=C\C/C=C\CCCCCCCCCCCCCCCCCCCCC(=O)OC(COC(=O)CCCCCCCCCCCCCC)COP(=O)([O-])OCC[N+](C)(C)C. The highest BCUT2D eigenvalue weighted by molar-refractivity contribution is 7.45. The lowest BCUT2D eigenvalue weighted by atomic mass is 10.0. The molecule has 0 aliphatic rings. The molecule has 0 aromatic heterocycles. The minimum absolute atomic E-state index is 0.0299. The fraction of sp³-hybridized carbons (Fsp3) is 0.778. The zero-order valence-corrected chi connectivity index (χ0v) is 49.0. The molecule has 0 saturated carbocycles. The van der Waals surface area contributed by atoms with E-state index in [0.717, 1.165) is 77.0 Å². The minimum atomic E-state index is -4.63. The van der Waals surface area contributed by atoms with E-state index in [-0.39, 0.29) is 32.0 Å². The number of esters is 2. The first kappa shape index (κ1) is 70.5. The lowest BCUT2D eigenvalue weighted by Crippen LogP contribution is -2.37. The zero-order chi connectivity index (χ0) is 53.5. The maximum absolute atomic E-state index is 12.8. The van der Waals surface area contributed by atoms with Gasteiger partial charge in [-0.2, -0.15) is 0 Å². The number of phosphoric acid groups is 1. The number of allylic oxidation sites excluding steroid dienone is 12. The van der Waals surface area contributed by atoms with Crippen LogP contribution in [0.4, 0.5) is 0 Å². The van der Waals surface area contributed by atoms with Gasteiger partial charge < -0.3 is 27.9 Å². The Labute approximate surface area is 450 Å². The van der Waals surface area contributed by atoms with Crippen molar-refractivity contribution in [3.63, 3.8) is 0 Å². The van der Waals surface area contributed by atoms with Gasteiger partial charge in [-0.3, -0.25) is 14.2 Å². The van der Waals surface area contributed by atoms with Crippen molar-refractivity contribution >= 4 is 19.8 Å². The van der Waals surface area contributed by atoms with Gasteiger partial charge in [0.1, 0.15) is 19.8 Å². The second kappa shape index (κ2) is 54.2. The van der Waals surface area contributed by atoms with Crippen molar-refractivity contribution in [3.05, 3.63) is 72.9 Å². The third kappa shape index (κ3) is 58.6. The summed E-state index contributed by atoms with van der Waals surface area (Å²) < 4.78 is 34.1. The van der Waals surface area contributed by atoms with Crippen LogP contribution < -0.4 is 4.89 Å². The van der Waals surface area contributed by atoms with E-state index in [1.807, 2.05) is 21.1 Å². The number of likely N-dealkylation sites (N-methyl/N-ethyl adjacent to an activating group) is 1. The van der Waals surface area contributed by atoms with Crippen LogP contribution >= 0.6 is 7.82 Å². The summed E-state index contributed by atoms with van der Waals surface area (Å²) in [4.78, 5) is 37.8. The number of ether oxygens (including phenoxy) is 2. The van der Waals surface area contributed by atoms with E-state index in [1.165, 1.54) is 154 Å². The average molecular weight is 1040 g/mol. The van der Waals surface area contributed by atoms with Crippen molar-refractivity contribution in [3.8, 4) is 0 Å². The van der Waals surface area contributed by atoms with E-state index in [4.69, 9.17) is 18.5 Å². The Balaban J connectivity index is 3.96. The average Bonchev–Trinajstić information content (AvgIpc) is 3.35. The molecule has 0 heterocycles. The largest absolute Gasteiger partial charge is 0.756 e. The van der Waals surface area contributed by atoms with Gasteiger partial charge in [-0.05, 0) is 64.2 Å². The van der Waals surface area contributed by atoms with Gasteiger partial charge in [-0.15, -0.1) is 0 Å². The van der Waals surface area contributed by atoms with Crippen LogP contribution in [0.15, 0.2) is 72.9 Å². The fourth-order valence-electron chi connectivity index (χ4n) is 8.37. The molecule has 0 aliphatic carbocycles. The summed E-state index contributed by atoms with van der Waals surface area (Å²) in [7, 11) is 1.17. The third-order valence-corrected chi connectivity index (χ3v) is 14.0. The van der Waals surface area contributed by atoms with Crippen molar-refractivity contribution < 1.29 is 42.1 Å². The van der Waals surface area contributed by atoms with Crippen LogP contribution in [0.1, 0.15) is 264 Å². The van der Waals surface area contributed by atoms with Crippen LogP contribution in [0.2, 0.25) is 0 Å². The van der Waals surface area contributed by atoms with Gasteiger partial charge >= 0.3 is 11.9 Å². The van der Waals surface area contributed by atoms with Gasteiger partial charge in [-0.25, -0.2) is 0 Å². The Hall–Kier alpha value is -2.55. The Bertz CT molecular complexity index is 1460. The molecule has 0 N–H and O–H groups in total. The van der Waals surface area contributed by atoms with Crippen LogP contribution in [-0.2, 0) is 32.7 Å². The molecule has 73 heavy (non-hydrogen) atoms. The van der Waals surface area contributed by atoms with Crippen molar-refractivity contribution in [2.24, 2.45) is 0 Å². The molecule has 9 nitrogen and oxygen atoms in total. The molecular formula is C63H114NO8P. The molecule has 424 valence electrons. The number of unbranched alkanes of at least 4 members (excludes halogenated alkanes) is 29. The second-order valence-corrected chi connectivity index (χ2v) is 22.8. The molecule has 0 aromatic carbocycles. The Kier molecular flexibility index (Phi) is 52.4. The molecule has 0 saturated heterocycles. The number of hydrogen-bond acceptors (Lipinski definition) is 8. The molecule has 2 atom stereocenters. The third-order valence-electron chi connectivity index (χ3n) is 13.0. The van der Waals surface area contributed by atoms with Crippen LogP contribution in [0, 0.1) is 0 Å². The summed E-state index contributed by atoms with van der Waals surface area (Å²) in [5.74, 6) is -0.824. The lowest BCUT2D eigenvalue weighted by Gasteiger charge is -2.28. The molecule has 0 spiro atoms. The first-order valence-electron chi connectivity index (χ1n) is 30.1. The van der Waals surface area contributed by atoms with Gasteiger partial charge in [-0.1, -0.05) is 260 Å². The van der Waals surface area contributed by atoms with Crippen LogP contribution in [0.5, 0.6) is 0 Å². The zero-order valence-electron chi connectivity index (χ0n) is 48.1. The van der Waals surface area contributed by atoms with Crippen LogP contribution in [0.25, 0.3) is 0 Å². The normalized spacial score (nSPS) is 13.8. The second-order valence-electron chi connectivity index (χ2n) is 21.3. The van der Waals surface area contributed by atoms with E-state index in [1.54, 1.807) is 0 Å². The maximum atomic E-state index is 12.8. The molecule has 0 fully saturated rings. The molecular weight excluding hydrogens is 930 g/mol. The van der Waals surface area contributed by atoms with E-state index >= 15 is 0 Å². The summed E-state index contributed by atoms with van der Waals surface area (Å²) in [5, 5.41) is 0. The van der Waals surface area contributed by atoms with E-state index in [0.29, 0.717) is 17.4 Å². The predicted octanol–water partition coefficient (Wildman–Crippen LogP) is 18.2. The molecule has 0 aromatic rings. The highest BCUT2D eigenvalue weighted by atomic mass is 31.2. The molecule has 0 amide bonds. The monoisotopic (exact) mass is 1040 g/mol. The molecule has 0 aliphatic heterocycles. The Morgan fingerprint density at radius 1 is 0.438 bits per heavy atom. The van der Waals surface area contributed by atoms with Gasteiger partial charge in [0.2, 0.25) is 0 Å². The topological polar surface area (TPSA) is 111 Å². The van der Waals surface area contributed by atoms with E-state index in [2.05, 4.69) is 86.8 Å². The van der Waals surface area contributed by atoms with Crippen molar-refractivity contribution in [2.75, 3.05) is 47.5 Å². The molecule has 0 radical (unpaired) electrons. The highest BCUT2D eigenvalue weighted by Gasteiger charge is 2.22. The number of carbonyl (C=O) groups is 2. The number of phosphoric ester groups is 1. The quantitative estimate of drug-likeness (QED) is 0.0195. The van der Waals surface area contributed by atoms with Gasteiger partial charge in [0.25, 0.3) is 7.82 Å². The summed E-state index contributed by atoms with van der Waals surface area (Å²) in [6, 6.07) is 0. The minimum Gasteiger partial charge on any atom is -0.756 e. The number of hydrogen-bond donors (Lipinski definition) is 0. The molecule has 2 unspecified atom stereocenters. The van der Waals surface area contributed by atoms with Crippen LogP contribution in [-0.4, -0.2) is 70.0 Å². The number of rotatable bonds is 55. The van der Waals surface area contributed by atoms with E-state index < -0.39 is 26.5 Å². The lowest BCUT2D eigenvalue weighted by molar-refractivity contribution is -0.870. The number of nitrogens with zero attached hydrogens (tertiary/aromatic N) is 1. The Morgan fingerprint density at radius 2 is 0.781 bits per heavy atom. The predicted molar refractivity (Wildman–Crippen MR) is 309 cm³/mol. The van der Waals surface area contributed by atoms with Gasteiger partial charge in [0.05, 0.1) is 27.7 Å². The van der Waals surface area contributed by atoms with Crippen molar-refractivity contribution in [1.82, 2.24) is 0 Å². The van der Waals surface area contributed by atoms with Gasteiger partial charge in [0.15, 0.2) is 6.10 Å². The number of carbonyl (C=O) groups excluding carboxylic acids is 2. The standard InChI is InChI=1S/C63H114NO8P/c1-6-8-10-12-14-16-18-20-21-22-23-24-25-26-27-28-29-30-31-32-33-34-35-36-37-38-39-40-41-42-43-44-46-48-50-52-54-56-63(66)72-61(60-71-73(67,68)70-58-57-64(3,4)5)59-69-62(65)55-53-51-49-47-45-19-17-15-13-11-9-7-2/h8,10,14,16,20-21,23-24,26-27,29-30,61H,6-7,9,11-13,15,17-19,22,25,28,31-60H2,1-5H3/b10-8-,16-14-,21-20-,24-23-,27-26-,30-29-. The molecule has 0 rings (SSSR count). The summed E-state index contributed by atoms with van der Waals surface area (Å²) in [6.45, 7) is 4.14. The van der Waals surface area contributed by atoms with Gasteiger partial charge in [0, 0.05) is 12.8 Å². The molecule has 10 heteroatoms. The van der Waals surface area contributed by atoms with Crippen molar-refractivity contribution in [1.29, 1.82) is 0 Å². The maximum Gasteiger partial charge on any atom is 0.306 e. The highest BCUT2D eigenvalue weighted by Crippen LogP contribution is 2.38. The Morgan fingerprint density at radius 3 is 1.16 bits per heavy atom. The van der Waals surface area contributed by atoms with E-state index in [9.17, 15) is 19.0 Å². The van der Waals surface area contributed by atoms with Crippen molar-refractivity contribution in [2.45, 2.75) is 270 Å². The summed E-state index contributed by atoms with van der Waals surface area (Å²) in [6.07, 6.45) is 71.1. The summed E-state index contributed by atoms with van der Waals surface area (Å²) in [5.41, 5.74) is 0. The first-order chi connectivity index (χ1) is 35.5. The smallest absolute Gasteiger partial charge is 0.306 e.